The molecule has 0 bridgehead atoms. The molecule has 1 aliphatic rings. The second-order valence-electron chi connectivity index (χ2n) is 7.26. The average molecular weight is 427 g/mol. The van der Waals surface area contributed by atoms with Gasteiger partial charge in [0.25, 0.3) is 5.91 Å². The molecule has 0 aliphatic carbocycles. The number of aromatic nitrogens is 5. The molecule has 0 N–H and O–H groups in total. The summed E-state index contributed by atoms with van der Waals surface area (Å²) in [6.07, 6.45) is 4.57. The smallest absolute Gasteiger partial charge is 0.257 e. The molecule has 32 heavy (non-hydrogen) atoms. The number of nitrogens with zero attached hydrogens (tertiary/aromatic N) is 7. The summed E-state index contributed by atoms with van der Waals surface area (Å²) >= 11 is 0. The predicted octanol–water partition coefficient (Wildman–Crippen LogP) is 2.81. The molecule has 2 aromatic carbocycles. The van der Waals surface area contributed by atoms with E-state index >= 15 is 0 Å². The fourth-order valence-electron chi connectivity index (χ4n) is 3.62. The lowest BCUT2D eigenvalue weighted by Crippen LogP contribution is -2.49. The van der Waals surface area contributed by atoms with Crippen molar-refractivity contribution in [1.29, 1.82) is 0 Å². The van der Waals surface area contributed by atoms with Crippen LogP contribution in [0.3, 0.4) is 0 Å². The Hall–Kier alpha value is -4.27. The first-order valence-electron chi connectivity index (χ1n) is 10.3. The molecule has 0 unspecified atom stereocenters. The Balaban J connectivity index is 1.27. The summed E-state index contributed by atoms with van der Waals surface area (Å²) in [7, 11) is 0. The molecule has 0 atom stereocenters. The molecule has 1 fully saturated rings. The van der Waals surface area contributed by atoms with Crippen LogP contribution in [0.5, 0.6) is 11.5 Å². The summed E-state index contributed by atoms with van der Waals surface area (Å²) in [5.41, 5.74) is 0.556. The van der Waals surface area contributed by atoms with Gasteiger partial charge in [-0.1, -0.05) is 30.3 Å². The highest BCUT2D eigenvalue weighted by Crippen LogP contribution is 2.27. The maximum absolute atomic E-state index is 13.2. The van der Waals surface area contributed by atoms with Gasteiger partial charge in [0.05, 0.1) is 5.56 Å². The molecule has 1 saturated heterocycles. The van der Waals surface area contributed by atoms with E-state index in [1.54, 1.807) is 11.0 Å². The number of ether oxygens (including phenoxy) is 1. The number of carbonyl (C=O) groups excluding carboxylic acids is 1. The normalized spacial score (nSPS) is 13.8. The van der Waals surface area contributed by atoms with Crippen molar-refractivity contribution in [3.05, 3.63) is 85.2 Å². The molecule has 2 aromatic heterocycles. The summed E-state index contributed by atoms with van der Waals surface area (Å²) in [4.78, 5) is 29.8. The summed E-state index contributed by atoms with van der Waals surface area (Å²) in [6, 6.07) is 18.7. The number of carbonyl (C=O) groups is 1. The molecule has 5 rings (SSSR count). The van der Waals surface area contributed by atoms with Gasteiger partial charge in [-0.2, -0.15) is 5.10 Å². The highest BCUT2D eigenvalue weighted by molar-refractivity contribution is 5.97. The zero-order valence-corrected chi connectivity index (χ0v) is 17.3. The molecule has 9 nitrogen and oxygen atoms in total. The van der Waals surface area contributed by atoms with E-state index in [9.17, 15) is 4.79 Å². The van der Waals surface area contributed by atoms with Gasteiger partial charge >= 0.3 is 0 Å². The second kappa shape index (κ2) is 8.84. The van der Waals surface area contributed by atoms with Gasteiger partial charge in [-0.15, -0.1) is 0 Å². The number of hydrogen-bond acceptors (Lipinski definition) is 7. The third-order valence-electron chi connectivity index (χ3n) is 5.27. The van der Waals surface area contributed by atoms with E-state index in [0.717, 1.165) is 5.82 Å². The number of rotatable bonds is 5. The SMILES string of the molecule is O=C(c1ccccc1Oc1ccccc1)N1CCN(c2cc(-n3cncn3)ncn2)CC1. The summed E-state index contributed by atoms with van der Waals surface area (Å²) in [5.74, 6) is 2.66. The van der Waals surface area contributed by atoms with Crippen molar-refractivity contribution in [2.24, 2.45) is 0 Å². The second-order valence-corrected chi connectivity index (χ2v) is 7.26. The van der Waals surface area contributed by atoms with Crippen molar-refractivity contribution in [2.75, 3.05) is 31.1 Å². The Morgan fingerprint density at radius 3 is 2.38 bits per heavy atom. The maximum Gasteiger partial charge on any atom is 0.257 e. The number of amides is 1. The minimum absolute atomic E-state index is 0.0397. The molecule has 4 aromatic rings. The average Bonchev–Trinajstić information content (AvgIpc) is 3.40. The van der Waals surface area contributed by atoms with Gasteiger partial charge in [-0.3, -0.25) is 4.79 Å². The molecule has 3 heterocycles. The zero-order chi connectivity index (χ0) is 21.8. The van der Waals surface area contributed by atoms with Gasteiger partial charge in [-0.05, 0) is 24.3 Å². The molecule has 160 valence electrons. The van der Waals surface area contributed by atoms with E-state index in [2.05, 4.69) is 25.0 Å². The fourth-order valence-corrected chi connectivity index (χ4v) is 3.62. The maximum atomic E-state index is 13.2. The van der Waals surface area contributed by atoms with Crippen LogP contribution in [0.2, 0.25) is 0 Å². The van der Waals surface area contributed by atoms with Crippen LogP contribution in [0.25, 0.3) is 5.82 Å². The van der Waals surface area contributed by atoms with Crippen molar-refractivity contribution in [1.82, 2.24) is 29.6 Å². The zero-order valence-electron chi connectivity index (χ0n) is 17.3. The third-order valence-corrected chi connectivity index (χ3v) is 5.27. The van der Waals surface area contributed by atoms with Gasteiger partial charge in [0.1, 0.15) is 36.3 Å². The van der Waals surface area contributed by atoms with Crippen LogP contribution in [0.1, 0.15) is 10.4 Å². The van der Waals surface area contributed by atoms with Crippen LogP contribution in [-0.4, -0.2) is 61.7 Å². The van der Waals surface area contributed by atoms with Crippen LogP contribution in [-0.2, 0) is 0 Å². The van der Waals surface area contributed by atoms with E-state index in [4.69, 9.17) is 4.74 Å². The molecule has 9 heteroatoms. The number of piperazine rings is 1. The molecular formula is C23H21N7O2. The highest BCUT2D eigenvalue weighted by Gasteiger charge is 2.25. The molecular weight excluding hydrogens is 406 g/mol. The van der Waals surface area contributed by atoms with Crippen LogP contribution < -0.4 is 9.64 Å². The van der Waals surface area contributed by atoms with Crippen LogP contribution in [0.15, 0.2) is 79.6 Å². The quantitative estimate of drug-likeness (QED) is 0.484. The van der Waals surface area contributed by atoms with Gasteiger partial charge in [0.2, 0.25) is 0 Å². The van der Waals surface area contributed by atoms with Crippen molar-refractivity contribution in [3.8, 4) is 17.3 Å². The molecule has 0 saturated carbocycles. The Bertz CT molecular complexity index is 1190. The van der Waals surface area contributed by atoms with Gasteiger partial charge in [-0.25, -0.2) is 19.6 Å². The van der Waals surface area contributed by atoms with E-state index in [0.29, 0.717) is 49.1 Å². The monoisotopic (exact) mass is 427 g/mol. The van der Waals surface area contributed by atoms with Crippen molar-refractivity contribution < 1.29 is 9.53 Å². The minimum Gasteiger partial charge on any atom is -0.457 e. The lowest BCUT2D eigenvalue weighted by Gasteiger charge is -2.35. The topological polar surface area (TPSA) is 89.3 Å². The molecule has 0 spiro atoms. The van der Waals surface area contributed by atoms with E-state index < -0.39 is 0 Å². The van der Waals surface area contributed by atoms with Gasteiger partial charge < -0.3 is 14.5 Å². The predicted molar refractivity (Wildman–Crippen MR) is 118 cm³/mol. The highest BCUT2D eigenvalue weighted by atomic mass is 16.5. The van der Waals surface area contributed by atoms with E-state index in [1.165, 1.54) is 12.7 Å². The first kappa shape index (κ1) is 19.7. The Kier molecular flexibility index (Phi) is 5.44. The number of para-hydroxylation sites is 2. The van der Waals surface area contributed by atoms with Crippen LogP contribution >= 0.6 is 0 Å². The van der Waals surface area contributed by atoms with E-state index in [1.807, 2.05) is 65.6 Å². The Morgan fingerprint density at radius 1 is 0.844 bits per heavy atom. The first-order chi connectivity index (χ1) is 15.8. The molecule has 0 radical (unpaired) electrons. The van der Waals surface area contributed by atoms with Crippen molar-refractivity contribution in [2.45, 2.75) is 0 Å². The first-order valence-corrected chi connectivity index (χ1v) is 10.3. The summed E-state index contributed by atoms with van der Waals surface area (Å²) in [5, 5.41) is 4.11. The van der Waals surface area contributed by atoms with Crippen molar-refractivity contribution in [3.63, 3.8) is 0 Å². The fraction of sp³-hybridized carbons (Fsp3) is 0.174. The lowest BCUT2D eigenvalue weighted by atomic mass is 10.1. The minimum atomic E-state index is -0.0397. The van der Waals surface area contributed by atoms with Crippen LogP contribution in [0, 0.1) is 0 Å². The number of hydrogen-bond donors (Lipinski definition) is 0. The number of anilines is 1. The Morgan fingerprint density at radius 2 is 1.59 bits per heavy atom. The summed E-state index contributed by atoms with van der Waals surface area (Å²) in [6.45, 7) is 2.50. The Labute approximate surface area is 184 Å². The van der Waals surface area contributed by atoms with Crippen molar-refractivity contribution >= 4 is 11.7 Å². The standard InChI is InChI=1S/C23H21N7O2/c31-23(19-8-4-5-9-20(19)32-18-6-2-1-3-7-18)29-12-10-28(11-13-29)21-14-22(26-16-25-21)30-17-24-15-27-30/h1-9,14-17H,10-13H2. The van der Waals surface area contributed by atoms with Gasteiger partial charge in [0.15, 0.2) is 5.82 Å². The molecule has 1 amide bonds. The lowest BCUT2D eigenvalue weighted by molar-refractivity contribution is 0.0744. The number of benzene rings is 2. The van der Waals surface area contributed by atoms with Gasteiger partial charge in [0, 0.05) is 32.2 Å². The van der Waals surface area contributed by atoms with E-state index in [-0.39, 0.29) is 5.91 Å². The van der Waals surface area contributed by atoms with Crippen LogP contribution in [0.4, 0.5) is 5.82 Å². The third kappa shape index (κ3) is 4.13. The largest absolute Gasteiger partial charge is 0.457 e. The molecule has 1 aliphatic heterocycles. The summed E-state index contributed by atoms with van der Waals surface area (Å²) < 4.78 is 7.56.